The third-order valence-corrected chi connectivity index (χ3v) is 4.82. The Labute approximate surface area is 155 Å². The Morgan fingerprint density at radius 2 is 2.00 bits per heavy atom. The van der Waals surface area contributed by atoms with Crippen LogP contribution in [0.3, 0.4) is 0 Å². The van der Waals surface area contributed by atoms with Crippen molar-refractivity contribution in [1.29, 1.82) is 0 Å². The number of nitrogens with zero attached hydrogens (tertiary/aromatic N) is 3. The molecule has 0 unspecified atom stereocenters. The third kappa shape index (κ3) is 4.64. The summed E-state index contributed by atoms with van der Waals surface area (Å²) >= 11 is 0. The van der Waals surface area contributed by atoms with E-state index in [4.69, 9.17) is 9.72 Å². The van der Waals surface area contributed by atoms with E-state index < -0.39 is 0 Å². The largest absolute Gasteiger partial charge is 0.381 e. The first-order valence-corrected chi connectivity index (χ1v) is 9.25. The minimum Gasteiger partial charge on any atom is -0.381 e. The third-order valence-electron chi connectivity index (χ3n) is 4.82. The van der Waals surface area contributed by atoms with E-state index in [2.05, 4.69) is 39.9 Å². The standard InChI is InChI=1S/C20H29N5O/c1-21-20(22-13-15-8-10-26-11-9-15)23-14-16-12-19(25(2)3)24-18-7-5-4-6-17(16)18/h4-7,12,15H,8-11,13-14H2,1-3H3,(H2,21,22,23). The van der Waals surface area contributed by atoms with E-state index in [-0.39, 0.29) is 0 Å². The van der Waals surface area contributed by atoms with E-state index in [1.54, 1.807) is 0 Å². The van der Waals surface area contributed by atoms with Gasteiger partial charge in [0.05, 0.1) is 5.52 Å². The molecule has 0 atom stereocenters. The molecule has 6 heteroatoms. The zero-order valence-electron chi connectivity index (χ0n) is 16.0. The number of aliphatic imine (C=N–C) groups is 1. The molecule has 0 bridgehead atoms. The van der Waals surface area contributed by atoms with Crippen LogP contribution < -0.4 is 15.5 Å². The molecule has 0 spiro atoms. The maximum Gasteiger partial charge on any atom is 0.191 e. The summed E-state index contributed by atoms with van der Waals surface area (Å²) in [5.74, 6) is 2.46. The van der Waals surface area contributed by atoms with E-state index in [1.165, 1.54) is 10.9 Å². The number of ether oxygens (including phenoxy) is 1. The molecule has 26 heavy (non-hydrogen) atoms. The lowest BCUT2D eigenvalue weighted by molar-refractivity contribution is 0.0675. The number of fused-ring (bicyclic) bond motifs is 1. The monoisotopic (exact) mass is 355 g/mol. The van der Waals surface area contributed by atoms with Gasteiger partial charge in [0.15, 0.2) is 5.96 Å². The minimum absolute atomic E-state index is 0.657. The van der Waals surface area contributed by atoms with Crippen LogP contribution in [-0.2, 0) is 11.3 Å². The molecule has 1 saturated heterocycles. The molecule has 1 aliphatic heterocycles. The van der Waals surface area contributed by atoms with Crippen LogP contribution >= 0.6 is 0 Å². The lowest BCUT2D eigenvalue weighted by Crippen LogP contribution is -2.40. The van der Waals surface area contributed by atoms with Gasteiger partial charge >= 0.3 is 0 Å². The van der Waals surface area contributed by atoms with Gasteiger partial charge in [-0.25, -0.2) is 4.98 Å². The molecule has 0 amide bonds. The maximum absolute atomic E-state index is 5.43. The second kappa shape index (κ2) is 8.85. The molecule has 1 aliphatic rings. The number of nitrogens with one attached hydrogen (secondary N) is 2. The molecule has 2 N–H and O–H groups in total. The summed E-state index contributed by atoms with van der Waals surface area (Å²) in [6.45, 7) is 3.38. The highest BCUT2D eigenvalue weighted by Gasteiger charge is 2.14. The van der Waals surface area contributed by atoms with Gasteiger partial charge in [-0.1, -0.05) is 18.2 Å². The SMILES string of the molecule is CN=C(NCc1cc(N(C)C)nc2ccccc12)NCC1CCOCC1. The summed E-state index contributed by atoms with van der Waals surface area (Å²) < 4.78 is 5.43. The zero-order chi connectivity index (χ0) is 18.4. The van der Waals surface area contributed by atoms with Gasteiger partial charge in [0.25, 0.3) is 0 Å². The maximum atomic E-state index is 5.43. The second-order valence-electron chi connectivity index (χ2n) is 6.91. The molecule has 1 fully saturated rings. The van der Waals surface area contributed by atoms with E-state index in [9.17, 15) is 0 Å². The number of benzene rings is 1. The van der Waals surface area contributed by atoms with Crippen LogP contribution in [0.1, 0.15) is 18.4 Å². The summed E-state index contributed by atoms with van der Waals surface area (Å²) in [6.07, 6.45) is 2.23. The van der Waals surface area contributed by atoms with Gasteiger partial charge in [-0.2, -0.15) is 0 Å². The summed E-state index contributed by atoms with van der Waals surface area (Å²) in [5, 5.41) is 8.07. The molecule has 140 valence electrons. The van der Waals surface area contributed by atoms with Crippen molar-refractivity contribution in [2.45, 2.75) is 19.4 Å². The molecule has 0 radical (unpaired) electrons. The van der Waals surface area contributed by atoms with Gasteiger partial charge < -0.3 is 20.3 Å². The Hall–Kier alpha value is -2.34. The molecule has 6 nitrogen and oxygen atoms in total. The first-order chi connectivity index (χ1) is 12.7. The first kappa shape index (κ1) is 18.5. The van der Waals surface area contributed by atoms with Gasteiger partial charge in [-0.15, -0.1) is 0 Å². The predicted octanol–water partition coefficient (Wildman–Crippen LogP) is 2.39. The van der Waals surface area contributed by atoms with Crippen molar-refractivity contribution < 1.29 is 4.74 Å². The van der Waals surface area contributed by atoms with Crippen molar-refractivity contribution >= 4 is 22.7 Å². The van der Waals surface area contributed by atoms with Gasteiger partial charge in [-0.05, 0) is 36.5 Å². The van der Waals surface area contributed by atoms with Crippen LogP contribution in [0, 0.1) is 5.92 Å². The lowest BCUT2D eigenvalue weighted by Gasteiger charge is -2.23. The lowest BCUT2D eigenvalue weighted by atomic mass is 10.0. The summed E-state index contributed by atoms with van der Waals surface area (Å²) in [5.41, 5.74) is 2.23. The van der Waals surface area contributed by atoms with Gasteiger partial charge in [0, 0.05) is 52.8 Å². The Balaban J connectivity index is 1.67. The summed E-state index contributed by atoms with van der Waals surface area (Å²) in [4.78, 5) is 11.1. The number of aromatic nitrogens is 1. The normalized spacial score (nSPS) is 15.9. The molecule has 3 rings (SSSR count). The average molecular weight is 355 g/mol. The van der Waals surface area contributed by atoms with E-state index in [1.807, 2.05) is 32.1 Å². The number of pyridine rings is 1. The molecular formula is C20H29N5O. The number of rotatable bonds is 5. The van der Waals surface area contributed by atoms with E-state index in [0.29, 0.717) is 12.5 Å². The molecule has 2 heterocycles. The summed E-state index contributed by atoms with van der Waals surface area (Å²) in [6, 6.07) is 10.4. The van der Waals surface area contributed by atoms with Gasteiger partial charge in [0.2, 0.25) is 0 Å². The number of anilines is 1. The van der Waals surface area contributed by atoms with Crippen molar-refractivity contribution in [3.05, 3.63) is 35.9 Å². The van der Waals surface area contributed by atoms with Crippen LogP contribution in [0.4, 0.5) is 5.82 Å². The number of para-hydroxylation sites is 1. The van der Waals surface area contributed by atoms with E-state index in [0.717, 1.165) is 49.9 Å². The first-order valence-electron chi connectivity index (χ1n) is 9.25. The van der Waals surface area contributed by atoms with Crippen molar-refractivity contribution in [2.75, 3.05) is 45.8 Å². The quantitative estimate of drug-likeness (QED) is 0.637. The molecular weight excluding hydrogens is 326 g/mol. The topological polar surface area (TPSA) is 61.8 Å². The number of guanidine groups is 1. The molecule has 0 aliphatic carbocycles. The highest BCUT2D eigenvalue weighted by molar-refractivity contribution is 5.85. The fourth-order valence-corrected chi connectivity index (χ4v) is 3.20. The second-order valence-corrected chi connectivity index (χ2v) is 6.91. The Bertz CT molecular complexity index is 753. The van der Waals surface area contributed by atoms with Crippen LogP contribution in [0.5, 0.6) is 0 Å². The van der Waals surface area contributed by atoms with E-state index >= 15 is 0 Å². The minimum atomic E-state index is 0.657. The smallest absolute Gasteiger partial charge is 0.191 e. The van der Waals surface area contributed by atoms with Crippen molar-refractivity contribution in [2.24, 2.45) is 10.9 Å². The fourth-order valence-electron chi connectivity index (χ4n) is 3.20. The van der Waals surface area contributed by atoms with Crippen LogP contribution in [0.15, 0.2) is 35.3 Å². The fraction of sp³-hybridized carbons (Fsp3) is 0.500. The predicted molar refractivity (Wildman–Crippen MR) is 108 cm³/mol. The van der Waals surface area contributed by atoms with Gasteiger partial charge in [-0.3, -0.25) is 4.99 Å². The Morgan fingerprint density at radius 1 is 1.23 bits per heavy atom. The highest BCUT2D eigenvalue weighted by atomic mass is 16.5. The van der Waals surface area contributed by atoms with Crippen molar-refractivity contribution in [1.82, 2.24) is 15.6 Å². The highest BCUT2D eigenvalue weighted by Crippen LogP contribution is 2.22. The van der Waals surface area contributed by atoms with Crippen LogP contribution in [-0.4, -0.2) is 51.8 Å². The number of hydrogen-bond acceptors (Lipinski definition) is 4. The molecule has 2 aromatic rings. The van der Waals surface area contributed by atoms with Gasteiger partial charge in [0.1, 0.15) is 5.82 Å². The number of hydrogen-bond donors (Lipinski definition) is 2. The Morgan fingerprint density at radius 3 is 2.73 bits per heavy atom. The van der Waals surface area contributed by atoms with Crippen LogP contribution in [0.2, 0.25) is 0 Å². The Kier molecular flexibility index (Phi) is 6.28. The average Bonchev–Trinajstić information content (AvgIpc) is 2.68. The molecule has 1 aromatic carbocycles. The van der Waals surface area contributed by atoms with Crippen LogP contribution in [0.25, 0.3) is 10.9 Å². The van der Waals surface area contributed by atoms with Crippen molar-refractivity contribution in [3.8, 4) is 0 Å². The van der Waals surface area contributed by atoms with Crippen molar-refractivity contribution in [3.63, 3.8) is 0 Å². The molecule has 0 saturated carbocycles. The zero-order valence-corrected chi connectivity index (χ0v) is 16.0. The summed E-state index contributed by atoms with van der Waals surface area (Å²) in [7, 11) is 5.85. The molecule has 1 aromatic heterocycles.